The Morgan fingerprint density at radius 3 is 2.65 bits per heavy atom. The number of aryl methyl sites for hydroxylation is 2. The van der Waals surface area contributed by atoms with Crippen LogP contribution in [0.1, 0.15) is 17.0 Å². The number of anilines is 3. The lowest BCUT2D eigenvalue weighted by Gasteiger charge is -2.27. The second kappa shape index (κ2) is 8.27. The van der Waals surface area contributed by atoms with Gasteiger partial charge in [-0.05, 0) is 43.7 Å². The molecule has 158 valence electrons. The van der Waals surface area contributed by atoms with E-state index in [-0.39, 0.29) is 0 Å². The molecular formula is C22H25N9. The zero-order valence-corrected chi connectivity index (χ0v) is 17.7. The van der Waals surface area contributed by atoms with E-state index < -0.39 is 0 Å². The maximum absolute atomic E-state index is 4.90. The van der Waals surface area contributed by atoms with Crippen LogP contribution in [-0.2, 0) is 6.54 Å². The van der Waals surface area contributed by atoms with Crippen LogP contribution >= 0.6 is 0 Å². The highest BCUT2D eigenvalue weighted by Crippen LogP contribution is 2.28. The van der Waals surface area contributed by atoms with Gasteiger partial charge in [0.1, 0.15) is 11.3 Å². The lowest BCUT2D eigenvalue weighted by atomic mass is 10.3. The van der Waals surface area contributed by atoms with Crippen LogP contribution in [0.25, 0.3) is 11.0 Å². The predicted molar refractivity (Wildman–Crippen MR) is 121 cm³/mol. The first-order valence-corrected chi connectivity index (χ1v) is 10.5. The Bertz CT molecular complexity index is 1200. The average molecular weight is 416 g/mol. The Hall–Kier alpha value is -3.59. The van der Waals surface area contributed by atoms with Gasteiger partial charge < -0.3 is 15.5 Å². The molecule has 0 aliphatic carbocycles. The number of fused-ring (bicyclic) bond motifs is 1. The molecule has 1 aliphatic heterocycles. The minimum atomic E-state index is 0.578. The standard InChI is InChI=1S/C22H25N9/c1-15-6-8-25-18(13-15)26-21-20-19(27-22(28-21)30-11-9-23-10-12-30)16(2)31(29-20)14-17-5-3-4-7-24-17/h3-8,13,23H,9-12,14H2,1-2H3,(H,25,26,27,28). The first-order chi connectivity index (χ1) is 15.2. The fraction of sp³-hybridized carbons (Fsp3) is 0.318. The fourth-order valence-corrected chi connectivity index (χ4v) is 3.73. The van der Waals surface area contributed by atoms with Crippen molar-refractivity contribution in [3.8, 4) is 0 Å². The molecular weight excluding hydrogens is 390 g/mol. The Morgan fingerprint density at radius 2 is 1.87 bits per heavy atom. The molecule has 0 atom stereocenters. The normalized spacial score (nSPS) is 14.2. The maximum Gasteiger partial charge on any atom is 0.228 e. The molecule has 0 saturated carbocycles. The van der Waals surface area contributed by atoms with Crippen molar-refractivity contribution in [3.63, 3.8) is 0 Å². The van der Waals surface area contributed by atoms with Crippen molar-refractivity contribution in [2.75, 3.05) is 36.4 Å². The molecule has 9 nitrogen and oxygen atoms in total. The molecule has 1 aliphatic rings. The van der Waals surface area contributed by atoms with Crippen LogP contribution in [0.2, 0.25) is 0 Å². The van der Waals surface area contributed by atoms with Crippen molar-refractivity contribution in [1.29, 1.82) is 0 Å². The fourth-order valence-electron chi connectivity index (χ4n) is 3.73. The van der Waals surface area contributed by atoms with E-state index in [0.717, 1.165) is 60.0 Å². The SMILES string of the molecule is Cc1ccnc(Nc2nc(N3CCNCC3)nc3c(C)n(Cc4ccccn4)nc23)c1. The van der Waals surface area contributed by atoms with Crippen molar-refractivity contribution < 1.29 is 0 Å². The predicted octanol–water partition coefficient (Wildman–Crippen LogP) is 2.43. The summed E-state index contributed by atoms with van der Waals surface area (Å²) in [7, 11) is 0. The van der Waals surface area contributed by atoms with Gasteiger partial charge >= 0.3 is 0 Å². The number of rotatable bonds is 5. The molecule has 0 unspecified atom stereocenters. The first kappa shape index (κ1) is 19.4. The molecule has 0 bridgehead atoms. The molecule has 0 spiro atoms. The summed E-state index contributed by atoms with van der Waals surface area (Å²) >= 11 is 0. The largest absolute Gasteiger partial charge is 0.338 e. The van der Waals surface area contributed by atoms with Crippen molar-refractivity contribution in [2.45, 2.75) is 20.4 Å². The molecule has 1 saturated heterocycles. The van der Waals surface area contributed by atoms with Crippen LogP contribution in [0, 0.1) is 13.8 Å². The molecule has 4 aromatic heterocycles. The van der Waals surface area contributed by atoms with Crippen LogP contribution in [0.4, 0.5) is 17.6 Å². The lowest BCUT2D eigenvalue weighted by Crippen LogP contribution is -2.44. The summed E-state index contributed by atoms with van der Waals surface area (Å²) in [4.78, 5) is 20.8. The molecule has 0 amide bonds. The van der Waals surface area contributed by atoms with Gasteiger partial charge in [0.25, 0.3) is 0 Å². The first-order valence-electron chi connectivity index (χ1n) is 10.5. The Kier molecular flexibility index (Phi) is 5.17. The van der Waals surface area contributed by atoms with E-state index in [2.05, 4.69) is 25.5 Å². The van der Waals surface area contributed by atoms with E-state index in [1.54, 1.807) is 12.4 Å². The summed E-state index contributed by atoms with van der Waals surface area (Å²) in [6, 6.07) is 9.87. The molecule has 5 heterocycles. The van der Waals surface area contributed by atoms with Crippen molar-refractivity contribution in [1.82, 2.24) is 35.0 Å². The van der Waals surface area contributed by atoms with Gasteiger partial charge in [0.2, 0.25) is 5.95 Å². The van der Waals surface area contributed by atoms with E-state index in [9.17, 15) is 0 Å². The minimum absolute atomic E-state index is 0.578. The Labute approximate surface area is 180 Å². The Balaban J connectivity index is 1.60. The van der Waals surface area contributed by atoms with Gasteiger partial charge in [0.15, 0.2) is 11.3 Å². The van der Waals surface area contributed by atoms with E-state index in [1.807, 2.05) is 48.9 Å². The number of hydrogen-bond donors (Lipinski definition) is 2. The third-order valence-corrected chi connectivity index (χ3v) is 5.42. The van der Waals surface area contributed by atoms with Crippen molar-refractivity contribution >= 4 is 28.6 Å². The third-order valence-electron chi connectivity index (χ3n) is 5.42. The quantitative estimate of drug-likeness (QED) is 0.513. The highest BCUT2D eigenvalue weighted by atomic mass is 15.3. The van der Waals surface area contributed by atoms with Crippen LogP contribution in [0.15, 0.2) is 42.7 Å². The number of piperazine rings is 1. The topological polar surface area (TPSA) is 96.7 Å². The van der Waals surface area contributed by atoms with Crippen molar-refractivity contribution in [3.05, 3.63) is 59.7 Å². The smallest absolute Gasteiger partial charge is 0.228 e. The number of aromatic nitrogens is 6. The third kappa shape index (κ3) is 4.04. The second-order valence-electron chi connectivity index (χ2n) is 7.71. The van der Waals surface area contributed by atoms with E-state index in [0.29, 0.717) is 18.3 Å². The molecule has 31 heavy (non-hydrogen) atoms. The second-order valence-corrected chi connectivity index (χ2v) is 7.71. The summed E-state index contributed by atoms with van der Waals surface area (Å²) < 4.78 is 1.94. The summed E-state index contributed by atoms with van der Waals surface area (Å²) in [6.07, 6.45) is 3.59. The van der Waals surface area contributed by atoms with Crippen LogP contribution in [0.3, 0.4) is 0 Å². The molecule has 5 rings (SSSR count). The highest BCUT2D eigenvalue weighted by molar-refractivity contribution is 5.89. The van der Waals surface area contributed by atoms with Gasteiger partial charge in [-0.15, -0.1) is 0 Å². The molecule has 9 heteroatoms. The van der Waals surface area contributed by atoms with Crippen LogP contribution < -0.4 is 15.5 Å². The van der Waals surface area contributed by atoms with Crippen LogP contribution in [-0.4, -0.2) is 55.9 Å². The van der Waals surface area contributed by atoms with E-state index in [1.165, 1.54) is 0 Å². The minimum Gasteiger partial charge on any atom is -0.338 e. The van der Waals surface area contributed by atoms with Gasteiger partial charge in [-0.2, -0.15) is 10.1 Å². The summed E-state index contributed by atoms with van der Waals surface area (Å²) in [5, 5.41) is 11.6. The molecule has 1 fully saturated rings. The monoisotopic (exact) mass is 415 g/mol. The van der Waals surface area contributed by atoms with E-state index >= 15 is 0 Å². The highest BCUT2D eigenvalue weighted by Gasteiger charge is 2.21. The van der Waals surface area contributed by atoms with Gasteiger partial charge in [0, 0.05) is 38.6 Å². The van der Waals surface area contributed by atoms with Gasteiger partial charge in [0.05, 0.1) is 17.9 Å². The average Bonchev–Trinajstić information content (AvgIpc) is 3.11. The summed E-state index contributed by atoms with van der Waals surface area (Å²) in [5.74, 6) is 2.12. The van der Waals surface area contributed by atoms with E-state index in [4.69, 9.17) is 15.1 Å². The van der Waals surface area contributed by atoms with Gasteiger partial charge in [-0.1, -0.05) is 6.07 Å². The van der Waals surface area contributed by atoms with Gasteiger partial charge in [-0.25, -0.2) is 9.97 Å². The number of nitrogens with zero attached hydrogens (tertiary/aromatic N) is 7. The zero-order chi connectivity index (χ0) is 21.2. The van der Waals surface area contributed by atoms with Gasteiger partial charge in [-0.3, -0.25) is 9.67 Å². The number of pyridine rings is 2. The molecule has 0 radical (unpaired) electrons. The van der Waals surface area contributed by atoms with Crippen LogP contribution in [0.5, 0.6) is 0 Å². The summed E-state index contributed by atoms with van der Waals surface area (Å²) in [5.41, 5.74) is 4.63. The molecule has 0 aromatic carbocycles. The zero-order valence-electron chi connectivity index (χ0n) is 17.7. The number of nitrogens with one attached hydrogen (secondary N) is 2. The molecule has 4 aromatic rings. The summed E-state index contributed by atoms with van der Waals surface area (Å²) in [6.45, 7) is 8.24. The maximum atomic E-state index is 4.90. The molecule has 2 N–H and O–H groups in total. The van der Waals surface area contributed by atoms with Crippen molar-refractivity contribution in [2.24, 2.45) is 0 Å². The Morgan fingerprint density at radius 1 is 1.00 bits per heavy atom. The number of hydrogen-bond acceptors (Lipinski definition) is 8. The lowest BCUT2D eigenvalue weighted by molar-refractivity contribution is 0.581.